The summed E-state index contributed by atoms with van der Waals surface area (Å²) in [6.07, 6.45) is 2.80. The van der Waals surface area contributed by atoms with Crippen molar-refractivity contribution in [2.75, 3.05) is 31.3 Å². The molecule has 0 spiro atoms. The minimum absolute atomic E-state index is 0.138. The Morgan fingerprint density at radius 3 is 2.72 bits per heavy atom. The van der Waals surface area contributed by atoms with E-state index >= 15 is 0 Å². The number of rotatable bonds is 7. The lowest BCUT2D eigenvalue weighted by Crippen LogP contribution is -2.35. The van der Waals surface area contributed by atoms with E-state index in [-0.39, 0.29) is 16.6 Å². The molecule has 3 aromatic rings. The van der Waals surface area contributed by atoms with E-state index in [1.54, 1.807) is 25.3 Å². The number of aryl methyl sites for hydroxylation is 1. The number of ether oxygens (including phenoxy) is 1. The van der Waals surface area contributed by atoms with Gasteiger partial charge in [-0.15, -0.1) is 0 Å². The van der Waals surface area contributed by atoms with E-state index in [0.717, 1.165) is 41.6 Å². The van der Waals surface area contributed by atoms with Gasteiger partial charge in [-0.3, -0.25) is 4.79 Å². The molecule has 1 fully saturated rings. The van der Waals surface area contributed by atoms with Crippen LogP contribution in [0.15, 0.2) is 46.5 Å². The quantitative estimate of drug-likeness (QED) is 0.505. The lowest BCUT2D eigenvalue weighted by atomic mass is 10.2. The van der Waals surface area contributed by atoms with E-state index in [4.69, 9.17) is 4.74 Å². The highest BCUT2D eigenvalue weighted by molar-refractivity contribution is 7.99. The number of aromatic amines is 1. The molecule has 8 nitrogen and oxygen atoms in total. The fourth-order valence-corrected chi connectivity index (χ4v) is 5.86. The number of nitrogens with zero attached hydrogens (tertiary/aromatic N) is 2. The number of methoxy groups -OCH3 is 1. The van der Waals surface area contributed by atoms with Gasteiger partial charge in [0.2, 0.25) is 15.9 Å². The van der Waals surface area contributed by atoms with E-state index < -0.39 is 10.0 Å². The fourth-order valence-electron chi connectivity index (χ4n) is 3.63. The summed E-state index contributed by atoms with van der Waals surface area (Å²) in [5.41, 5.74) is 2.93. The van der Waals surface area contributed by atoms with Crippen LogP contribution in [0.4, 0.5) is 5.69 Å². The van der Waals surface area contributed by atoms with Gasteiger partial charge in [0.15, 0.2) is 5.16 Å². The topological polar surface area (TPSA) is 104 Å². The molecule has 1 saturated heterocycles. The van der Waals surface area contributed by atoms with Crippen LogP contribution < -0.4 is 10.1 Å². The zero-order valence-corrected chi connectivity index (χ0v) is 19.7. The number of carbonyl (C=O) groups is 1. The standard InChI is InChI=1S/C22H26N4O4S2/c1-15-6-8-17(32(28,29)26-10-4-3-5-11-26)13-19(15)23-21(27)14-31-22-24-18-9-7-16(30-2)12-20(18)25-22/h6-9,12-13H,3-5,10-11,14H2,1-2H3,(H,23,27)(H,24,25). The predicted octanol–water partition coefficient (Wildman–Crippen LogP) is 3.79. The third kappa shape index (κ3) is 4.92. The SMILES string of the molecule is COc1ccc2nc(SCC(=O)Nc3cc(S(=O)(=O)N4CCCCC4)ccc3C)[nH]c2c1. The monoisotopic (exact) mass is 474 g/mol. The molecule has 4 rings (SSSR count). The molecule has 0 unspecified atom stereocenters. The van der Waals surface area contributed by atoms with Crippen molar-refractivity contribution in [1.29, 1.82) is 0 Å². The lowest BCUT2D eigenvalue weighted by molar-refractivity contribution is -0.113. The summed E-state index contributed by atoms with van der Waals surface area (Å²) >= 11 is 1.28. The number of aromatic nitrogens is 2. The molecule has 1 aromatic heterocycles. The minimum atomic E-state index is -3.56. The molecule has 2 N–H and O–H groups in total. The van der Waals surface area contributed by atoms with Crippen molar-refractivity contribution < 1.29 is 17.9 Å². The smallest absolute Gasteiger partial charge is 0.243 e. The number of piperidine rings is 1. The van der Waals surface area contributed by atoms with Crippen LogP contribution in [-0.2, 0) is 14.8 Å². The molecular weight excluding hydrogens is 448 g/mol. The van der Waals surface area contributed by atoms with Gasteiger partial charge >= 0.3 is 0 Å². The Kier molecular flexibility index (Phi) is 6.73. The molecule has 1 aliphatic rings. The van der Waals surface area contributed by atoms with Gasteiger partial charge in [-0.25, -0.2) is 13.4 Å². The van der Waals surface area contributed by atoms with Crippen LogP contribution in [0.3, 0.4) is 0 Å². The third-order valence-electron chi connectivity index (χ3n) is 5.44. The van der Waals surface area contributed by atoms with Gasteiger partial charge in [-0.2, -0.15) is 4.31 Å². The summed E-state index contributed by atoms with van der Waals surface area (Å²) in [6, 6.07) is 10.4. The zero-order chi connectivity index (χ0) is 22.7. The second kappa shape index (κ2) is 9.51. The number of anilines is 1. The Morgan fingerprint density at radius 1 is 1.19 bits per heavy atom. The maximum Gasteiger partial charge on any atom is 0.243 e. The number of amides is 1. The molecule has 1 aliphatic heterocycles. The van der Waals surface area contributed by atoms with Crippen LogP contribution in [-0.4, -0.2) is 54.6 Å². The Balaban J connectivity index is 1.43. The van der Waals surface area contributed by atoms with Crippen LogP contribution in [0.2, 0.25) is 0 Å². The number of thioether (sulfide) groups is 1. The second-order valence-corrected chi connectivity index (χ2v) is 10.6. The number of carbonyl (C=O) groups excluding carboxylic acids is 1. The summed E-state index contributed by atoms with van der Waals surface area (Å²) in [6.45, 7) is 2.92. The lowest BCUT2D eigenvalue weighted by Gasteiger charge is -2.26. The van der Waals surface area contributed by atoms with E-state index in [1.807, 2.05) is 25.1 Å². The molecule has 0 bridgehead atoms. The van der Waals surface area contributed by atoms with E-state index in [2.05, 4.69) is 15.3 Å². The summed E-state index contributed by atoms with van der Waals surface area (Å²) < 4.78 is 32.7. The number of hydrogen-bond donors (Lipinski definition) is 2. The average molecular weight is 475 g/mol. The predicted molar refractivity (Wildman–Crippen MR) is 126 cm³/mol. The Hall–Kier alpha value is -2.56. The number of fused-ring (bicyclic) bond motifs is 1. The van der Waals surface area contributed by atoms with Gasteiger partial charge in [0.25, 0.3) is 0 Å². The highest BCUT2D eigenvalue weighted by Crippen LogP contribution is 2.26. The van der Waals surface area contributed by atoms with E-state index in [1.165, 1.54) is 16.1 Å². The van der Waals surface area contributed by atoms with Gasteiger partial charge in [-0.1, -0.05) is 24.2 Å². The van der Waals surface area contributed by atoms with Crippen molar-refractivity contribution in [2.45, 2.75) is 36.2 Å². The molecule has 0 saturated carbocycles. The summed E-state index contributed by atoms with van der Waals surface area (Å²) in [5, 5.41) is 3.47. The Labute approximate surface area is 191 Å². The third-order valence-corrected chi connectivity index (χ3v) is 8.21. The number of hydrogen-bond acceptors (Lipinski definition) is 6. The highest BCUT2D eigenvalue weighted by Gasteiger charge is 2.26. The first-order chi connectivity index (χ1) is 15.4. The van der Waals surface area contributed by atoms with E-state index in [0.29, 0.717) is 23.9 Å². The number of sulfonamides is 1. The summed E-state index contributed by atoms with van der Waals surface area (Å²) in [7, 11) is -1.96. The maximum absolute atomic E-state index is 13.0. The highest BCUT2D eigenvalue weighted by atomic mass is 32.2. The average Bonchev–Trinajstić information content (AvgIpc) is 3.21. The first kappa shape index (κ1) is 22.6. The zero-order valence-electron chi connectivity index (χ0n) is 18.1. The van der Waals surface area contributed by atoms with Crippen LogP contribution in [0.25, 0.3) is 11.0 Å². The van der Waals surface area contributed by atoms with Crippen molar-refractivity contribution in [2.24, 2.45) is 0 Å². The van der Waals surface area contributed by atoms with Gasteiger partial charge in [-0.05, 0) is 49.6 Å². The summed E-state index contributed by atoms with van der Waals surface area (Å²) in [5.74, 6) is 0.633. The molecule has 32 heavy (non-hydrogen) atoms. The normalized spacial score (nSPS) is 15.1. The molecule has 0 atom stereocenters. The first-order valence-corrected chi connectivity index (χ1v) is 12.9. The fraction of sp³-hybridized carbons (Fsp3) is 0.364. The van der Waals surface area contributed by atoms with Crippen LogP contribution in [0.5, 0.6) is 5.75 Å². The van der Waals surface area contributed by atoms with E-state index in [9.17, 15) is 13.2 Å². The van der Waals surface area contributed by atoms with Crippen molar-refractivity contribution >= 4 is 44.4 Å². The summed E-state index contributed by atoms with van der Waals surface area (Å²) in [4.78, 5) is 20.4. The van der Waals surface area contributed by atoms with Gasteiger partial charge in [0, 0.05) is 24.8 Å². The molecule has 2 aromatic carbocycles. The second-order valence-electron chi connectivity index (χ2n) is 7.70. The molecular formula is C22H26N4O4S2. The van der Waals surface area contributed by atoms with Crippen LogP contribution >= 0.6 is 11.8 Å². The molecule has 2 heterocycles. The number of imidazole rings is 1. The van der Waals surface area contributed by atoms with Gasteiger partial charge in [0.1, 0.15) is 5.75 Å². The van der Waals surface area contributed by atoms with Gasteiger partial charge in [0.05, 0.1) is 28.8 Å². The molecule has 170 valence electrons. The molecule has 0 aliphatic carbocycles. The Bertz CT molecular complexity index is 1230. The van der Waals surface area contributed by atoms with Crippen LogP contribution in [0.1, 0.15) is 24.8 Å². The molecule has 0 radical (unpaired) electrons. The molecule has 10 heteroatoms. The molecule has 1 amide bonds. The number of benzene rings is 2. The Morgan fingerprint density at radius 2 is 1.97 bits per heavy atom. The number of H-pyrrole nitrogens is 1. The largest absolute Gasteiger partial charge is 0.497 e. The minimum Gasteiger partial charge on any atom is -0.497 e. The van der Waals surface area contributed by atoms with Crippen molar-refractivity contribution in [3.63, 3.8) is 0 Å². The maximum atomic E-state index is 13.0. The number of nitrogens with one attached hydrogen (secondary N) is 2. The van der Waals surface area contributed by atoms with Crippen LogP contribution in [0, 0.1) is 6.92 Å². The van der Waals surface area contributed by atoms with Crippen molar-refractivity contribution in [1.82, 2.24) is 14.3 Å². The van der Waals surface area contributed by atoms with Crippen molar-refractivity contribution in [3.8, 4) is 5.75 Å². The van der Waals surface area contributed by atoms with Crippen molar-refractivity contribution in [3.05, 3.63) is 42.0 Å². The van der Waals surface area contributed by atoms with Gasteiger partial charge < -0.3 is 15.0 Å². The first-order valence-electron chi connectivity index (χ1n) is 10.4.